The van der Waals surface area contributed by atoms with Gasteiger partial charge in [-0.2, -0.15) is 13.2 Å². The molecule has 1 aromatic heterocycles. The molecule has 3 rings (SSSR count). The van der Waals surface area contributed by atoms with Gasteiger partial charge in [-0.25, -0.2) is 9.78 Å². The van der Waals surface area contributed by atoms with Gasteiger partial charge < -0.3 is 20.1 Å². The van der Waals surface area contributed by atoms with E-state index >= 15 is 0 Å². The summed E-state index contributed by atoms with van der Waals surface area (Å²) < 4.78 is 43.8. The molecule has 11 heteroatoms. The predicted molar refractivity (Wildman–Crippen MR) is 113 cm³/mol. The van der Waals surface area contributed by atoms with E-state index in [-0.39, 0.29) is 5.91 Å². The number of carbonyl (C=O) groups excluding carboxylic acids is 1. The van der Waals surface area contributed by atoms with Crippen molar-refractivity contribution in [3.63, 3.8) is 0 Å². The van der Waals surface area contributed by atoms with E-state index in [9.17, 15) is 27.9 Å². The van der Waals surface area contributed by atoms with Crippen LogP contribution < -0.4 is 15.0 Å². The van der Waals surface area contributed by atoms with E-state index in [2.05, 4.69) is 26.2 Å². The fourth-order valence-electron chi connectivity index (χ4n) is 3.52. The fourth-order valence-corrected chi connectivity index (χ4v) is 4.08. The zero-order chi connectivity index (χ0) is 23.5. The molecule has 1 aromatic carbocycles. The molecule has 32 heavy (non-hydrogen) atoms. The van der Waals surface area contributed by atoms with Crippen molar-refractivity contribution in [3.05, 3.63) is 52.1 Å². The van der Waals surface area contributed by atoms with Crippen LogP contribution in [-0.2, 0) is 15.8 Å². The Morgan fingerprint density at radius 3 is 2.44 bits per heavy atom. The number of rotatable bonds is 6. The Morgan fingerprint density at radius 2 is 1.94 bits per heavy atom. The van der Waals surface area contributed by atoms with Gasteiger partial charge in [-0.3, -0.25) is 4.79 Å². The van der Waals surface area contributed by atoms with Crippen molar-refractivity contribution in [2.75, 3.05) is 25.1 Å². The number of carboxylic acid groups (broad SMARTS) is 1. The van der Waals surface area contributed by atoms with Gasteiger partial charge in [0.15, 0.2) is 6.04 Å². The van der Waals surface area contributed by atoms with Crippen LogP contribution in [0.1, 0.15) is 30.0 Å². The van der Waals surface area contributed by atoms with E-state index in [0.29, 0.717) is 47.5 Å². The summed E-state index contributed by atoms with van der Waals surface area (Å²) in [5.74, 6) is -1.05. The summed E-state index contributed by atoms with van der Waals surface area (Å²) in [6, 6.07) is 5.82. The standard InChI is InChI=1S/C21H21BrF3N3O4/c1-32-16-4-2-13(10-15(16)22)18(20(30)31)27-19(29)12-6-8-28(9-7-12)17-5-3-14(11-26-17)21(23,24)25/h2-5,10-12,18H,6-9H2,1H3,(H,27,29)(H,30,31). The molecule has 2 aromatic rings. The number of pyridine rings is 1. The zero-order valence-corrected chi connectivity index (χ0v) is 18.6. The molecule has 1 saturated heterocycles. The van der Waals surface area contributed by atoms with Gasteiger partial charge in [0.2, 0.25) is 5.91 Å². The molecule has 0 bridgehead atoms. The van der Waals surface area contributed by atoms with Gasteiger partial charge in [0.25, 0.3) is 0 Å². The molecule has 1 atom stereocenters. The molecule has 0 saturated carbocycles. The summed E-state index contributed by atoms with van der Waals surface area (Å²) in [6.45, 7) is 0.838. The number of alkyl halides is 3. The second-order valence-electron chi connectivity index (χ2n) is 7.34. The smallest absolute Gasteiger partial charge is 0.417 e. The van der Waals surface area contributed by atoms with Crippen molar-refractivity contribution in [2.24, 2.45) is 5.92 Å². The molecule has 0 aliphatic carbocycles. The van der Waals surface area contributed by atoms with Gasteiger partial charge in [0, 0.05) is 25.2 Å². The average molecular weight is 516 g/mol. The number of amides is 1. The summed E-state index contributed by atoms with van der Waals surface area (Å²) in [4.78, 5) is 30.2. The van der Waals surface area contributed by atoms with Crippen molar-refractivity contribution >= 4 is 33.6 Å². The van der Waals surface area contributed by atoms with Crippen molar-refractivity contribution in [1.82, 2.24) is 10.3 Å². The Kier molecular flexibility index (Phi) is 7.27. The number of nitrogens with one attached hydrogen (secondary N) is 1. The van der Waals surface area contributed by atoms with E-state index in [1.807, 2.05) is 0 Å². The van der Waals surface area contributed by atoms with Crippen molar-refractivity contribution in [2.45, 2.75) is 25.1 Å². The van der Waals surface area contributed by atoms with Crippen molar-refractivity contribution in [1.29, 1.82) is 0 Å². The lowest BCUT2D eigenvalue weighted by molar-refractivity contribution is -0.142. The number of hydrogen-bond acceptors (Lipinski definition) is 5. The van der Waals surface area contributed by atoms with Crippen LogP contribution in [0.3, 0.4) is 0 Å². The van der Waals surface area contributed by atoms with E-state index in [0.717, 1.165) is 12.3 Å². The Morgan fingerprint density at radius 1 is 1.25 bits per heavy atom. The molecule has 0 radical (unpaired) electrons. The van der Waals surface area contributed by atoms with Gasteiger partial charge in [-0.1, -0.05) is 6.07 Å². The monoisotopic (exact) mass is 515 g/mol. The third-order valence-electron chi connectivity index (χ3n) is 5.31. The molecule has 172 valence electrons. The van der Waals surface area contributed by atoms with Crippen LogP contribution in [0, 0.1) is 5.92 Å². The van der Waals surface area contributed by atoms with Gasteiger partial charge in [-0.05, 0) is 58.6 Å². The Bertz CT molecular complexity index is 977. The number of ether oxygens (including phenoxy) is 1. The fraction of sp³-hybridized carbons (Fsp3) is 0.381. The highest BCUT2D eigenvalue weighted by atomic mass is 79.9. The first-order valence-electron chi connectivity index (χ1n) is 9.75. The maximum Gasteiger partial charge on any atom is 0.417 e. The molecule has 1 aliphatic heterocycles. The maximum atomic E-state index is 12.7. The number of methoxy groups -OCH3 is 1. The highest BCUT2D eigenvalue weighted by Gasteiger charge is 2.32. The highest BCUT2D eigenvalue weighted by molar-refractivity contribution is 9.10. The normalized spacial score (nSPS) is 15.8. The minimum atomic E-state index is -4.45. The number of anilines is 1. The third-order valence-corrected chi connectivity index (χ3v) is 5.93. The summed E-state index contributed by atoms with van der Waals surface area (Å²) in [5.41, 5.74) is -0.426. The first-order valence-corrected chi connectivity index (χ1v) is 10.5. The number of aromatic nitrogens is 1. The number of benzene rings is 1. The minimum absolute atomic E-state index is 0.385. The van der Waals surface area contributed by atoms with Crippen LogP contribution in [0.4, 0.5) is 19.0 Å². The summed E-state index contributed by atoms with van der Waals surface area (Å²) in [7, 11) is 1.49. The minimum Gasteiger partial charge on any atom is -0.496 e. The van der Waals surface area contributed by atoms with E-state index in [4.69, 9.17) is 4.74 Å². The molecule has 7 nitrogen and oxygen atoms in total. The second-order valence-corrected chi connectivity index (χ2v) is 8.19. The number of nitrogens with zero attached hydrogens (tertiary/aromatic N) is 2. The lowest BCUT2D eigenvalue weighted by Crippen LogP contribution is -2.43. The Labute approximate surface area is 190 Å². The van der Waals surface area contributed by atoms with E-state index in [1.54, 1.807) is 23.1 Å². The summed E-state index contributed by atoms with van der Waals surface area (Å²) in [6.07, 6.45) is -2.81. The molecule has 2 heterocycles. The van der Waals surface area contributed by atoms with Crippen LogP contribution in [0.5, 0.6) is 5.75 Å². The number of aliphatic carboxylic acids is 1. The van der Waals surface area contributed by atoms with Crippen molar-refractivity contribution in [3.8, 4) is 5.75 Å². The quantitative estimate of drug-likeness (QED) is 0.603. The number of hydrogen-bond donors (Lipinski definition) is 2. The summed E-state index contributed by atoms with van der Waals surface area (Å²) in [5, 5.41) is 12.2. The molecule has 1 unspecified atom stereocenters. The highest BCUT2D eigenvalue weighted by Crippen LogP contribution is 2.31. The number of carbonyl (C=O) groups is 2. The van der Waals surface area contributed by atoms with Crippen LogP contribution in [0.25, 0.3) is 0 Å². The topological polar surface area (TPSA) is 91.8 Å². The lowest BCUT2D eigenvalue weighted by atomic mass is 9.95. The van der Waals surface area contributed by atoms with Gasteiger partial charge in [-0.15, -0.1) is 0 Å². The van der Waals surface area contributed by atoms with Crippen LogP contribution in [0.2, 0.25) is 0 Å². The molecule has 1 fully saturated rings. The molecule has 1 amide bonds. The van der Waals surface area contributed by atoms with Crippen LogP contribution >= 0.6 is 15.9 Å². The molecule has 2 N–H and O–H groups in total. The number of halogens is 4. The van der Waals surface area contributed by atoms with E-state index < -0.39 is 29.7 Å². The lowest BCUT2D eigenvalue weighted by Gasteiger charge is -2.32. The third kappa shape index (κ3) is 5.50. The number of piperidine rings is 1. The molecule has 1 aliphatic rings. The Balaban J connectivity index is 1.61. The largest absolute Gasteiger partial charge is 0.496 e. The number of carboxylic acids is 1. The SMILES string of the molecule is COc1ccc(C(NC(=O)C2CCN(c3ccc(C(F)(F)F)cn3)CC2)C(=O)O)cc1Br. The van der Waals surface area contributed by atoms with Crippen molar-refractivity contribution < 1.29 is 32.6 Å². The molecule has 0 spiro atoms. The van der Waals surface area contributed by atoms with Gasteiger partial charge >= 0.3 is 12.1 Å². The van der Waals surface area contributed by atoms with Gasteiger partial charge in [0.1, 0.15) is 11.6 Å². The Hall–Kier alpha value is -2.82. The van der Waals surface area contributed by atoms with Crippen LogP contribution in [-0.4, -0.2) is 42.2 Å². The first-order chi connectivity index (χ1) is 15.1. The molecular formula is C21H21BrF3N3O4. The zero-order valence-electron chi connectivity index (χ0n) is 17.0. The van der Waals surface area contributed by atoms with Crippen LogP contribution in [0.15, 0.2) is 41.0 Å². The second kappa shape index (κ2) is 9.76. The van der Waals surface area contributed by atoms with E-state index in [1.165, 1.54) is 13.2 Å². The average Bonchev–Trinajstić information content (AvgIpc) is 2.76. The summed E-state index contributed by atoms with van der Waals surface area (Å²) >= 11 is 3.31. The molecular weight excluding hydrogens is 495 g/mol. The predicted octanol–water partition coefficient (Wildman–Crippen LogP) is 4.03. The van der Waals surface area contributed by atoms with Gasteiger partial charge in [0.05, 0.1) is 17.1 Å². The first kappa shape index (κ1) is 23.8. The maximum absolute atomic E-state index is 12.7.